The van der Waals surface area contributed by atoms with Crippen LogP contribution in [0.4, 0.5) is 0 Å². The second kappa shape index (κ2) is 6.91. The van der Waals surface area contributed by atoms with E-state index in [1.807, 2.05) is 30.3 Å². The Morgan fingerprint density at radius 2 is 2.08 bits per heavy atom. The zero-order chi connectivity index (χ0) is 16.9. The molecule has 0 saturated heterocycles. The number of hydrogen-bond acceptors (Lipinski definition) is 3. The quantitative estimate of drug-likeness (QED) is 0.735. The lowest BCUT2D eigenvalue weighted by Crippen LogP contribution is -2.32. The van der Waals surface area contributed by atoms with Crippen molar-refractivity contribution < 1.29 is 4.79 Å². The Hall–Kier alpha value is -3.21. The molecule has 0 aliphatic rings. The molecule has 2 aromatic heterocycles. The molecule has 0 atom stereocenters. The summed E-state index contributed by atoms with van der Waals surface area (Å²) in [5, 5.41) is 4.16. The van der Waals surface area contributed by atoms with Gasteiger partial charge in [0, 0.05) is 30.9 Å². The van der Waals surface area contributed by atoms with Gasteiger partial charge in [0.2, 0.25) is 0 Å². The fourth-order valence-electron chi connectivity index (χ4n) is 2.57. The largest absolute Gasteiger partial charge is 0.347 e. The van der Waals surface area contributed by atoms with E-state index in [-0.39, 0.29) is 18.0 Å². The van der Waals surface area contributed by atoms with E-state index in [0.717, 1.165) is 10.9 Å². The van der Waals surface area contributed by atoms with Crippen molar-refractivity contribution >= 4 is 16.7 Å². The second-order valence-corrected chi connectivity index (χ2v) is 5.37. The van der Waals surface area contributed by atoms with Crippen LogP contribution in [0.5, 0.6) is 0 Å². The van der Waals surface area contributed by atoms with Crippen LogP contribution < -0.4 is 10.9 Å². The number of hydrogen-bond donors (Lipinski definition) is 1. The summed E-state index contributed by atoms with van der Waals surface area (Å²) >= 11 is 0. The van der Waals surface area contributed by atoms with Crippen LogP contribution in [-0.2, 0) is 13.1 Å². The van der Waals surface area contributed by atoms with Gasteiger partial charge >= 0.3 is 0 Å². The van der Waals surface area contributed by atoms with Crippen LogP contribution in [0.1, 0.15) is 16.1 Å². The molecule has 0 saturated carbocycles. The highest BCUT2D eigenvalue weighted by atomic mass is 16.2. The Bertz CT molecular complexity index is 946. The lowest BCUT2D eigenvalue weighted by atomic mass is 10.1. The van der Waals surface area contributed by atoms with Crippen molar-refractivity contribution in [1.29, 1.82) is 0 Å². The third-order valence-corrected chi connectivity index (χ3v) is 3.74. The summed E-state index contributed by atoms with van der Waals surface area (Å²) < 4.78 is 1.44. The molecule has 1 aromatic carbocycles. The smallest absolute Gasteiger partial charge is 0.268 e. The first-order valence-corrected chi connectivity index (χ1v) is 7.61. The van der Waals surface area contributed by atoms with E-state index < -0.39 is 0 Å². The average molecular weight is 319 g/mol. The number of fused-ring (bicyclic) bond motifs is 1. The van der Waals surface area contributed by atoms with Crippen LogP contribution >= 0.6 is 0 Å². The number of nitrogens with zero attached hydrogens (tertiary/aromatic N) is 2. The number of carbonyl (C=O) groups is 1. The predicted molar refractivity (Wildman–Crippen MR) is 93.8 cm³/mol. The third kappa shape index (κ3) is 3.10. The predicted octanol–water partition coefficient (Wildman–Crippen LogP) is 2.51. The molecule has 0 bridgehead atoms. The fourth-order valence-corrected chi connectivity index (χ4v) is 2.57. The molecule has 24 heavy (non-hydrogen) atoms. The average Bonchev–Trinajstić information content (AvgIpc) is 2.63. The molecule has 1 N–H and O–H groups in total. The summed E-state index contributed by atoms with van der Waals surface area (Å²) in [6.07, 6.45) is 4.97. The second-order valence-electron chi connectivity index (χ2n) is 5.37. The third-order valence-electron chi connectivity index (χ3n) is 3.74. The zero-order valence-corrected chi connectivity index (χ0v) is 13.1. The molecule has 3 rings (SSSR count). The van der Waals surface area contributed by atoms with Crippen molar-refractivity contribution in [2.24, 2.45) is 0 Å². The van der Waals surface area contributed by atoms with Crippen LogP contribution in [0.25, 0.3) is 10.8 Å². The van der Waals surface area contributed by atoms with Gasteiger partial charge in [0.25, 0.3) is 11.5 Å². The highest BCUT2D eigenvalue weighted by Crippen LogP contribution is 2.12. The van der Waals surface area contributed by atoms with Crippen LogP contribution in [-0.4, -0.2) is 15.5 Å². The first-order chi connectivity index (χ1) is 11.7. The van der Waals surface area contributed by atoms with Crippen molar-refractivity contribution in [3.8, 4) is 0 Å². The van der Waals surface area contributed by atoms with Crippen LogP contribution in [0.15, 0.2) is 72.3 Å². The molecule has 120 valence electrons. The maximum absolute atomic E-state index is 12.6. The van der Waals surface area contributed by atoms with Crippen molar-refractivity contribution in [2.75, 3.05) is 0 Å². The molecule has 5 heteroatoms. The number of carbonyl (C=O) groups excluding carboxylic acids is 1. The molecule has 0 spiro atoms. The van der Waals surface area contributed by atoms with E-state index in [0.29, 0.717) is 17.6 Å². The number of benzene rings is 1. The summed E-state index contributed by atoms with van der Waals surface area (Å²) in [4.78, 5) is 29.2. The van der Waals surface area contributed by atoms with Crippen molar-refractivity contribution in [3.05, 3.63) is 89.1 Å². The van der Waals surface area contributed by atoms with Gasteiger partial charge in [-0.1, -0.05) is 30.3 Å². The van der Waals surface area contributed by atoms with E-state index in [1.54, 1.807) is 30.6 Å². The highest BCUT2D eigenvalue weighted by molar-refractivity contribution is 5.96. The zero-order valence-electron chi connectivity index (χ0n) is 13.1. The first kappa shape index (κ1) is 15.7. The molecule has 5 nitrogen and oxygen atoms in total. The lowest BCUT2D eigenvalue weighted by molar-refractivity contribution is 0.0941. The molecular weight excluding hydrogens is 302 g/mol. The summed E-state index contributed by atoms with van der Waals surface area (Å²) in [6.45, 7) is 4.30. The number of aromatic nitrogens is 2. The number of rotatable bonds is 5. The van der Waals surface area contributed by atoms with Crippen LogP contribution in [0.3, 0.4) is 0 Å². The highest BCUT2D eigenvalue weighted by Gasteiger charge is 2.14. The maximum Gasteiger partial charge on any atom is 0.268 e. The molecule has 0 fully saturated rings. The topological polar surface area (TPSA) is 64.0 Å². The van der Waals surface area contributed by atoms with Gasteiger partial charge in [-0.2, -0.15) is 0 Å². The maximum atomic E-state index is 12.6. The van der Waals surface area contributed by atoms with Gasteiger partial charge in [0.1, 0.15) is 5.69 Å². The van der Waals surface area contributed by atoms with Gasteiger partial charge in [-0.25, -0.2) is 0 Å². The fraction of sp³-hybridized carbons (Fsp3) is 0.105. The molecule has 0 aliphatic heterocycles. The van der Waals surface area contributed by atoms with Gasteiger partial charge in [-0.15, -0.1) is 6.58 Å². The van der Waals surface area contributed by atoms with E-state index in [4.69, 9.17) is 0 Å². The number of pyridine rings is 2. The summed E-state index contributed by atoms with van der Waals surface area (Å²) in [7, 11) is 0. The Kier molecular flexibility index (Phi) is 4.52. The number of amides is 1. The van der Waals surface area contributed by atoms with Gasteiger partial charge < -0.3 is 5.32 Å². The molecule has 0 radical (unpaired) electrons. The summed E-state index contributed by atoms with van der Waals surface area (Å²) in [6, 6.07) is 12.7. The Labute approximate surface area is 139 Å². The lowest BCUT2D eigenvalue weighted by Gasteiger charge is -2.13. The Morgan fingerprint density at radius 1 is 1.25 bits per heavy atom. The van der Waals surface area contributed by atoms with Crippen molar-refractivity contribution in [3.63, 3.8) is 0 Å². The van der Waals surface area contributed by atoms with Gasteiger partial charge in [0.05, 0.1) is 0 Å². The minimum absolute atomic E-state index is 0.195. The van der Waals surface area contributed by atoms with Crippen molar-refractivity contribution in [1.82, 2.24) is 14.9 Å². The van der Waals surface area contributed by atoms with Gasteiger partial charge in [-0.05, 0) is 29.1 Å². The molecule has 0 aliphatic carbocycles. The molecule has 0 unspecified atom stereocenters. The van der Waals surface area contributed by atoms with E-state index in [1.165, 1.54) is 4.57 Å². The van der Waals surface area contributed by atoms with Gasteiger partial charge in [-0.3, -0.25) is 19.1 Å². The van der Waals surface area contributed by atoms with E-state index in [9.17, 15) is 9.59 Å². The summed E-state index contributed by atoms with van der Waals surface area (Å²) in [5.41, 5.74) is 1.02. The number of nitrogens with one attached hydrogen (secondary N) is 1. The van der Waals surface area contributed by atoms with E-state index in [2.05, 4.69) is 16.9 Å². The van der Waals surface area contributed by atoms with E-state index >= 15 is 0 Å². The molecule has 2 heterocycles. The molecule has 1 amide bonds. The standard InChI is InChI=1S/C19H17N3O2/c1-2-10-22-17(11-15-7-3-4-8-16(15)19(22)24)18(23)21-13-14-6-5-9-20-12-14/h2-9,11-12H,1,10,13H2,(H,21,23). The molecule has 3 aromatic rings. The van der Waals surface area contributed by atoms with Crippen LogP contribution in [0.2, 0.25) is 0 Å². The minimum atomic E-state index is -0.302. The van der Waals surface area contributed by atoms with Gasteiger partial charge in [0.15, 0.2) is 0 Å². The number of allylic oxidation sites excluding steroid dienone is 1. The minimum Gasteiger partial charge on any atom is -0.347 e. The first-order valence-electron chi connectivity index (χ1n) is 7.61. The van der Waals surface area contributed by atoms with Crippen LogP contribution in [0, 0.1) is 0 Å². The SMILES string of the molecule is C=CCn1c(C(=O)NCc2cccnc2)cc2ccccc2c1=O. The Morgan fingerprint density at radius 3 is 2.83 bits per heavy atom. The van der Waals surface area contributed by atoms with Crippen molar-refractivity contribution in [2.45, 2.75) is 13.1 Å². The molecular formula is C19H17N3O2. The Balaban J connectivity index is 1.97. The normalized spacial score (nSPS) is 10.5. The monoisotopic (exact) mass is 319 g/mol. The summed E-state index contributed by atoms with van der Waals surface area (Å²) in [5.74, 6) is -0.302.